The molecule has 0 bridgehead atoms. The smallest absolute Gasteiger partial charge is 0.238 e. The Kier molecular flexibility index (Phi) is 5.64. The van der Waals surface area contributed by atoms with Crippen molar-refractivity contribution in [1.29, 1.82) is 0 Å². The maximum absolute atomic E-state index is 14.3. The molecule has 0 radical (unpaired) electrons. The first-order valence-corrected chi connectivity index (χ1v) is 10.7. The number of hydrogen-bond acceptors (Lipinski definition) is 4. The van der Waals surface area contributed by atoms with Crippen molar-refractivity contribution in [3.05, 3.63) is 82.1 Å². The van der Waals surface area contributed by atoms with Crippen LogP contribution in [0.5, 0.6) is 0 Å². The lowest BCUT2D eigenvalue weighted by Crippen LogP contribution is -2.28. The fourth-order valence-corrected chi connectivity index (χ4v) is 5.02. The maximum atomic E-state index is 14.3. The van der Waals surface area contributed by atoms with Gasteiger partial charge in [-0.3, -0.25) is 14.5 Å². The average Bonchev–Trinajstić information content (AvgIpc) is 3.32. The van der Waals surface area contributed by atoms with Crippen molar-refractivity contribution in [2.75, 3.05) is 16.0 Å². The molecule has 1 aliphatic heterocycles. The van der Waals surface area contributed by atoms with E-state index in [0.29, 0.717) is 5.69 Å². The van der Waals surface area contributed by atoms with Crippen LogP contribution in [0.4, 0.5) is 20.2 Å². The van der Waals surface area contributed by atoms with Crippen LogP contribution in [0, 0.1) is 11.6 Å². The van der Waals surface area contributed by atoms with E-state index in [9.17, 15) is 18.4 Å². The van der Waals surface area contributed by atoms with Crippen LogP contribution in [0.25, 0.3) is 0 Å². The summed E-state index contributed by atoms with van der Waals surface area (Å²) in [5.74, 6) is -1.68. The molecule has 1 N–H and O–H groups in total. The van der Waals surface area contributed by atoms with E-state index in [1.165, 1.54) is 34.1 Å². The van der Waals surface area contributed by atoms with Gasteiger partial charge in [0, 0.05) is 16.6 Å². The van der Waals surface area contributed by atoms with Gasteiger partial charge >= 0.3 is 0 Å². The van der Waals surface area contributed by atoms with Crippen LogP contribution in [0.1, 0.15) is 15.8 Å². The molecular weight excluding hydrogens is 414 g/mol. The highest BCUT2D eigenvalue weighted by atomic mass is 32.2. The molecule has 3 aromatic rings. The topological polar surface area (TPSA) is 49.4 Å². The molecule has 0 saturated carbocycles. The number of nitrogens with zero attached hydrogens (tertiary/aromatic N) is 1. The van der Waals surface area contributed by atoms with Gasteiger partial charge in [-0.2, -0.15) is 0 Å². The summed E-state index contributed by atoms with van der Waals surface area (Å²) in [7, 11) is 0. The summed E-state index contributed by atoms with van der Waals surface area (Å²) in [6.07, 6.45) is 0.283. The van der Waals surface area contributed by atoms with Gasteiger partial charge in [0.25, 0.3) is 0 Å². The van der Waals surface area contributed by atoms with E-state index in [2.05, 4.69) is 5.32 Å². The molecule has 1 saturated heterocycles. The van der Waals surface area contributed by atoms with Gasteiger partial charge < -0.3 is 5.32 Å². The second-order valence-electron chi connectivity index (χ2n) is 6.45. The zero-order chi connectivity index (χ0) is 20.4. The first-order valence-electron chi connectivity index (χ1n) is 8.82. The predicted octanol–water partition coefficient (Wildman–Crippen LogP) is 4.99. The Labute approximate surface area is 174 Å². The largest absolute Gasteiger partial charge is 0.326 e. The number of thioether (sulfide) groups is 1. The third-order valence-electron chi connectivity index (χ3n) is 4.41. The molecule has 2 aromatic carbocycles. The monoisotopic (exact) mass is 430 g/mol. The van der Waals surface area contributed by atoms with Crippen LogP contribution in [0.2, 0.25) is 0 Å². The van der Waals surface area contributed by atoms with E-state index >= 15 is 0 Å². The van der Waals surface area contributed by atoms with Crippen molar-refractivity contribution in [2.45, 2.75) is 11.8 Å². The molecule has 2 amide bonds. The van der Waals surface area contributed by atoms with Crippen LogP contribution in [0.15, 0.2) is 60.0 Å². The minimum Gasteiger partial charge on any atom is -0.326 e. The minimum absolute atomic E-state index is 0.0403. The zero-order valence-corrected chi connectivity index (χ0v) is 16.7. The number of benzene rings is 2. The van der Waals surface area contributed by atoms with E-state index in [0.717, 1.165) is 22.6 Å². The predicted molar refractivity (Wildman–Crippen MR) is 112 cm³/mol. The van der Waals surface area contributed by atoms with Crippen LogP contribution in [-0.2, 0) is 16.0 Å². The molecule has 1 atom stereocenters. The molecule has 0 spiro atoms. The summed E-state index contributed by atoms with van der Waals surface area (Å²) in [5, 5.41) is 4.32. The summed E-state index contributed by atoms with van der Waals surface area (Å²) in [5.41, 5.74) is 1.39. The van der Waals surface area contributed by atoms with Crippen molar-refractivity contribution in [2.24, 2.45) is 0 Å². The highest BCUT2D eigenvalue weighted by Crippen LogP contribution is 2.43. The van der Waals surface area contributed by atoms with Crippen molar-refractivity contribution >= 4 is 46.3 Å². The summed E-state index contributed by atoms with van der Waals surface area (Å²) in [6.45, 7) is 0. The lowest BCUT2D eigenvalue weighted by Gasteiger charge is -2.25. The van der Waals surface area contributed by atoms with Crippen LogP contribution in [-0.4, -0.2) is 17.6 Å². The Morgan fingerprint density at radius 3 is 2.76 bits per heavy atom. The Morgan fingerprint density at radius 2 is 2.00 bits per heavy atom. The first-order chi connectivity index (χ1) is 14.0. The molecule has 148 valence electrons. The normalized spacial score (nSPS) is 16.3. The molecular formula is C21H16F2N2O2S2. The van der Waals surface area contributed by atoms with Crippen LogP contribution >= 0.6 is 23.1 Å². The van der Waals surface area contributed by atoms with E-state index in [1.807, 2.05) is 23.6 Å². The molecule has 29 heavy (non-hydrogen) atoms. The fourth-order valence-electron chi connectivity index (χ4n) is 3.15. The van der Waals surface area contributed by atoms with Gasteiger partial charge in [0.05, 0.1) is 17.9 Å². The number of rotatable bonds is 5. The van der Waals surface area contributed by atoms with Crippen LogP contribution in [0.3, 0.4) is 0 Å². The zero-order valence-electron chi connectivity index (χ0n) is 15.1. The lowest BCUT2D eigenvalue weighted by atomic mass is 10.1. The molecule has 4 nitrogen and oxygen atoms in total. The van der Waals surface area contributed by atoms with E-state index in [-0.39, 0.29) is 29.7 Å². The number of halogens is 2. The van der Waals surface area contributed by atoms with Crippen molar-refractivity contribution in [3.63, 3.8) is 0 Å². The molecule has 2 heterocycles. The number of hydrogen-bond donors (Lipinski definition) is 1. The number of anilines is 2. The fraction of sp³-hybridized carbons (Fsp3) is 0.143. The maximum Gasteiger partial charge on any atom is 0.238 e. The third kappa shape index (κ3) is 4.33. The van der Waals surface area contributed by atoms with E-state index in [1.54, 1.807) is 18.2 Å². The summed E-state index contributed by atoms with van der Waals surface area (Å²) >= 11 is 2.87. The second-order valence-corrected chi connectivity index (χ2v) is 8.55. The van der Waals surface area contributed by atoms with Gasteiger partial charge in [-0.25, -0.2) is 8.78 Å². The first kappa shape index (κ1) is 19.6. The molecule has 1 aliphatic rings. The van der Waals surface area contributed by atoms with E-state index in [4.69, 9.17) is 0 Å². The molecule has 1 aromatic heterocycles. The van der Waals surface area contributed by atoms with Gasteiger partial charge in [0.2, 0.25) is 11.8 Å². The molecule has 4 rings (SSSR count). The van der Waals surface area contributed by atoms with E-state index < -0.39 is 17.0 Å². The Balaban J connectivity index is 1.56. The highest BCUT2D eigenvalue weighted by Gasteiger charge is 2.35. The van der Waals surface area contributed by atoms with Gasteiger partial charge in [0.15, 0.2) is 0 Å². The van der Waals surface area contributed by atoms with Crippen LogP contribution < -0.4 is 10.2 Å². The average molecular weight is 431 g/mol. The quantitative estimate of drug-likeness (QED) is 0.621. The SMILES string of the molecule is O=C(Cc1cccs1)Nc1cccc(C2SCC(=O)N2c2ccc(F)cc2F)c1. The minimum atomic E-state index is -0.786. The molecule has 1 unspecified atom stereocenters. The van der Waals surface area contributed by atoms with Gasteiger partial charge in [-0.1, -0.05) is 18.2 Å². The number of nitrogens with one attached hydrogen (secondary N) is 1. The second kappa shape index (κ2) is 8.34. The molecule has 0 aliphatic carbocycles. The van der Waals surface area contributed by atoms with Gasteiger partial charge in [-0.15, -0.1) is 23.1 Å². The highest BCUT2D eigenvalue weighted by molar-refractivity contribution is 8.00. The summed E-state index contributed by atoms with van der Waals surface area (Å²) < 4.78 is 27.6. The number of thiophene rings is 1. The van der Waals surface area contributed by atoms with Crippen molar-refractivity contribution in [3.8, 4) is 0 Å². The Bertz CT molecular complexity index is 1060. The number of carbonyl (C=O) groups excluding carboxylic acids is 2. The van der Waals surface area contributed by atoms with Crippen molar-refractivity contribution < 1.29 is 18.4 Å². The van der Waals surface area contributed by atoms with Gasteiger partial charge in [-0.05, 0) is 41.3 Å². The molecule has 8 heteroatoms. The molecule has 1 fully saturated rings. The Morgan fingerprint density at radius 1 is 1.14 bits per heavy atom. The lowest BCUT2D eigenvalue weighted by molar-refractivity contribution is -0.116. The van der Waals surface area contributed by atoms with Gasteiger partial charge in [0.1, 0.15) is 17.0 Å². The third-order valence-corrected chi connectivity index (χ3v) is 6.50. The number of amides is 2. The van der Waals surface area contributed by atoms with Crippen molar-refractivity contribution in [1.82, 2.24) is 0 Å². The Hall–Kier alpha value is -2.71. The number of carbonyl (C=O) groups is 2. The summed E-state index contributed by atoms with van der Waals surface area (Å²) in [6, 6.07) is 14.1. The standard InChI is InChI=1S/C21H16F2N2O2S2/c22-14-6-7-18(17(23)10-14)25-20(27)12-29-21(25)13-3-1-4-15(9-13)24-19(26)11-16-5-2-8-28-16/h1-10,21H,11-12H2,(H,24,26). The summed E-state index contributed by atoms with van der Waals surface area (Å²) in [4.78, 5) is 27.0.